The molecule has 0 radical (unpaired) electrons. The Morgan fingerprint density at radius 1 is 1.14 bits per heavy atom. The van der Waals surface area contributed by atoms with E-state index in [1.165, 1.54) is 7.11 Å². The van der Waals surface area contributed by atoms with Gasteiger partial charge in [0.15, 0.2) is 0 Å². The van der Waals surface area contributed by atoms with Crippen molar-refractivity contribution in [3.05, 3.63) is 58.7 Å². The molecule has 2 N–H and O–H groups in total. The lowest BCUT2D eigenvalue weighted by Gasteiger charge is -2.29. The van der Waals surface area contributed by atoms with Gasteiger partial charge < -0.3 is 19.7 Å². The standard InChI is InChI=1S/C28H40O6S/c1-5-12-26(32)34-23-19-22(29)21(27(23)35-18-11-7-10-15-25(31)33-4)16-17-24(30)28(2,3)20-13-8-6-9-14-20/h6,8-9,13-14,16-17,21-22,24,29-30H,5,7,10-12,15,18-19H2,1-4H3/b17-16+/t21-,22?,24?/m0/s1. The fraction of sp³-hybridized carbons (Fsp3) is 0.571. The zero-order valence-corrected chi connectivity index (χ0v) is 22.2. The van der Waals surface area contributed by atoms with E-state index in [9.17, 15) is 19.8 Å². The van der Waals surface area contributed by atoms with E-state index in [0.29, 0.717) is 25.0 Å². The van der Waals surface area contributed by atoms with Crippen molar-refractivity contribution < 1.29 is 29.3 Å². The van der Waals surface area contributed by atoms with Crippen LogP contribution in [-0.2, 0) is 24.5 Å². The minimum absolute atomic E-state index is 0.202. The molecule has 1 aromatic carbocycles. The molecule has 1 aliphatic rings. The van der Waals surface area contributed by atoms with Gasteiger partial charge in [-0.25, -0.2) is 0 Å². The van der Waals surface area contributed by atoms with Gasteiger partial charge >= 0.3 is 11.9 Å². The summed E-state index contributed by atoms with van der Waals surface area (Å²) in [5.74, 6) is 0.468. The van der Waals surface area contributed by atoms with Gasteiger partial charge in [0.25, 0.3) is 0 Å². The topological polar surface area (TPSA) is 93.1 Å². The number of thioether (sulfide) groups is 1. The van der Waals surface area contributed by atoms with Gasteiger partial charge in [-0.05, 0) is 30.6 Å². The Balaban J connectivity index is 2.11. The number of methoxy groups -OCH3 is 1. The predicted octanol–water partition coefficient (Wildman–Crippen LogP) is 5.28. The molecule has 1 aromatic rings. The summed E-state index contributed by atoms with van der Waals surface area (Å²) in [6.07, 6.45) is 6.35. The molecule has 35 heavy (non-hydrogen) atoms. The number of ether oxygens (including phenoxy) is 2. The fourth-order valence-corrected chi connectivity index (χ4v) is 5.27. The van der Waals surface area contributed by atoms with Crippen LogP contribution in [0.25, 0.3) is 0 Å². The van der Waals surface area contributed by atoms with E-state index in [1.54, 1.807) is 17.8 Å². The molecule has 0 heterocycles. The Hall–Kier alpha value is -2.09. The third kappa shape index (κ3) is 8.81. The van der Waals surface area contributed by atoms with Crippen LogP contribution in [0.15, 0.2) is 53.1 Å². The van der Waals surface area contributed by atoms with E-state index in [1.807, 2.05) is 57.2 Å². The second-order valence-corrected chi connectivity index (χ2v) is 10.6. The summed E-state index contributed by atoms with van der Waals surface area (Å²) in [6, 6.07) is 9.84. The molecule has 0 saturated carbocycles. The van der Waals surface area contributed by atoms with Gasteiger partial charge in [-0.1, -0.05) is 69.7 Å². The van der Waals surface area contributed by atoms with Crippen LogP contribution in [0.3, 0.4) is 0 Å². The highest BCUT2D eigenvalue weighted by molar-refractivity contribution is 8.03. The van der Waals surface area contributed by atoms with Crippen LogP contribution < -0.4 is 0 Å². The van der Waals surface area contributed by atoms with Gasteiger partial charge in [0, 0.05) is 35.5 Å². The third-order valence-corrected chi connectivity index (χ3v) is 7.65. The highest BCUT2D eigenvalue weighted by Gasteiger charge is 2.35. The highest BCUT2D eigenvalue weighted by Crippen LogP contribution is 2.42. The van der Waals surface area contributed by atoms with Crippen molar-refractivity contribution in [3.8, 4) is 0 Å². The Kier molecular flexibility index (Phi) is 12.0. The van der Waals surface area contributed by atoms with E-state index < -0.39 is 17.6 Å². The van der Waals surface area contributed by atoms with Crippen LogP contribution >= 0.6 is 11.8 Å². The molecule has 1 aliphatic carbocycles. The van der Waals surface area contributed by atoms with Crippen LogP contribution in [0.2, 0.25) is 0 Å². The quantitative estimate of drug-likeness (QED) is 0.202. The molecule has 0 aromatic heterocycles. The van der Waals surface area contributed by atoms with Gasteiger partial charge in [0.1, 0.15) is 5.76 Å². The van der Waals surface area contributed by atoms with E-state index >= 15 is 0 Å². The number of hydrogen-bond acceptors (Lipinski definition) is 7. The molecular weight excluding hydrogens is 464 g/mol. The summed E-state index contributed by atoms with van der Waals surface area (Å²) in [6.45, 7) is 5.89. The number of esters is 2. The minimum atomic E-state index is -0.756. The van der Waals surface area contributed by atoms with Crippen molar-refractivity contribution in [2.75, 3.05) is 12.9 Å². The SMILES string of the molecule is CCCC(=O)OC1=C(SCCCCCC(=O)OC)[C@@H](/C=C/C(O)C(C)(C)c2ccccc2)C(O)C1. The zero-order chi connectivity index (χ0) is 25.8. The minimum Gasteiger partial charge on any atom is -0.469 e. The molecule has 3 atom stereocenters. The first-order chi connectivity index (χ1) is 16.7. The van der Waals surface area contributed by atoms with Crippen LogP contribution in [-0.4, -0.2) is 47.2 Å². The van der Waals surface area contributed by atoms with Gasteiger partial charge in [0.2, 0.25) is 0 Å². The van der Waals surface area contributed by atoms with Crippen molar-refractivity contribution >= 4 is 23.7 Å². The Labute approximate surface area is 213 Å². The maximum atomic E-state index is 12.2. The van der Waals surface area contributed by atoms with Gasteiger partial charge in [-0.15, -0.1) is 11.8 Å². The van der Waals surface area contributed by atoms with Crippen LogP contribution in [0.4, 0.5) is 0 Å². The molecule has 0 saturated heterocycles. The Morgan fingerprint density at radius 3 is 2.51 bits per heavy atom. The average Bonchev–Trinajstić information content (AvgIpc) is 3.13. The summed E-state index contributed by atoms with van der Waals surface area (Å²) in [5, 5.41) is 21.8. The van der Waals surface area contributed by atoms with E-state index in [4.69, 9.17) is 4.74 Å². The monoisotopic (exact) mass is 504 g/mol. The summed E-state index contributed by atoms with van der Waals surface area (Å²) < 4.78 is 10.3. The summed E-state index contributed by atoms with van der Waals surface area (Å²) in [4.78, 5) is 24.3. The number of aliphatic hydroxyl groups is 2. The molecule has 0 spiro atoms. The largest absolute Gasteiger partial charge is 0.469 e. The zero-order valence-electron chi connectivity index (χ0n) is 21.4. The maximum absolute atomic E-state index is 12.2. The van der Waals surface area contributed by atoms with Crippen molar-refractivity contribution in [1.82, 2.24) is 0 Å². The van der Waals surface area contributed by atoms with Gasteiger partial charge in [-0.3, -0.25) is 9.59 Å². The van der Waals surface area contributed by atoms with Crippen LogP contribution in [0, 0.1) is 5.92 Å². The average molecular weight is 505 g/mol. The van der Waals surface area contributed by atoms with Crippen molar-refractivity contribution in [2.45, 2.75) is 83.3 Å². The molecule has 6 nitrogen and oxygen atoms in total. The van der Waals surface area contributed by atoms with Crippen molar-refractivity contribution in [1.29, 1.82) is 0 Å². The number of unbranched alkanes of at least 4 members (excludes halogenated alkanes) is 2. The number of hydrogen-bond donors (Lipinski definition) is 2. The Morgan fingerprint density at radius 2 is 1.86 bits per heavy atom. The first-order valence-corrected chi connectivity index (χ1v) is 13.4. The second kappa shape index (κ2) is 14.5. The van der Waals surface area contributed by atoms with E-state index in [-0.39, 0.29) is 24.3 Å². The van der Waals surface area contributed by atoms with E-state index in [0.717, 1.165) is 35.5 Å². The number of rotatable bonds is 14. The molecule has 0 amide bonds. The predicted molar refractivity (Wildman–Crippen MR) is 140 cm³/mol. The third-order valence-electron chi connectivity index (χ3n) is 6.35. The molecule has 7 heteroatoms. The van der Waals surface area contributed by atoms with Gasteiger partial charge in [-0.2, -0.15) is 0 Å². The van der Waals surface area contributed by atoms with Crippen LogP contribution in [0.1, 0.15) is 71.3 Å². The molecule has 0 fully saturated rings. The molecule has 2 unspecified atom stereocenters. The lowest BCUT2D eigenvalue weighted by atomic mass is 9.79. The van der Waals surface area contributed by atoms with Gasteiger partial charge in [0.05, 0.1) is 19.3 Å². The number of aliphatic hydroxyl groups excluding tert-OH is 2. The first-order valence-electron chi connectivity index (χ1n) is 12.4. The highest BCUT2D eigenvalue weighted by atomic mass is 32.2. The number of carbonyl (C=O) groups is 2. The maximum Gasteiger partial charge on any atom is 0.310 e. The molecule has 0 aliphatic heterocycles. The second-order valence-electron chi connectivity index (χ2n) is 9.46. The number of carbonyl (C=O) groups excluding carboxylic acids is 2. The smallest absolute Gasteiger partial charge is 0.310 e. The molecule has 2 rings (SSSR count). The number of benzene rings is 1. The lowest BCUT2D eigenvalue weighted by molar-refractivity contribution is -0.141. The summed E-state index contributed by atoms with van der Waals surface area (Å²) in [5.41, 5.74) is 0.518. The summed E-state index contributed by atoms with van der Waals surface area (Å²) >= 11 is 1.58. The molecular formula is C28H40O6S. The lowest BCUT2D eigenvalue weighted by Crippen LogP contribution is -2.32. The first kappa shape index (κ1) is 29.1. The van der Waals surface area contributed by atoms with Crippen LogP contribution in [0.5, 0.6) is 0 Å². The summed E-state index contributed by atoms with van der Waals surface area (Å²) in [7, 11) is 1.39. The van der Waals surface area contributed by atoms with Crippen molar-refractivity contribution in [3.63, 3.8) is 0 Å². The van der Waals surface area contributed by atoms with E-state index in [2.05, 4.69) is 4.74 Å². The fourth-order valence-electron chi connectivity index (χ4n) is 3.99. The molecule has 194 valence electrons. The Bertz CT molecular complexity index is 877. The van der Waals surface area contributed by atoms with Crippen molar-refractivity contribution in [2.24, 2.45) is 5.92 Å². The normalized spacial score (nSPS) is 19.3. The molecule has 0 bridgehead atoms.